The minimum atomic E-state index is -0.814. The van der Waals surface area contributed by atoms with Crippen LogP contribution in [0.2, 0.25) is 0 Å². The Morgan fingerprint density at radius 3 is 2.84 bits per heavy atom. The first-order chi connectivity index (χ1) is 9.22. The number of rotatable bonds is 6. The van der Waals surface area contributed by atoms with E-state index in [2.05, 4.69) is 23.7 Å². The van der Waals surface area contributed by atoms with Crippen molar-refractivity contribution >= 4 is 11.3 Å². The number of thiophene rings is 1. The van der Waals surface area contributed by atoms with Crippen molar-refractivity contribution < 1.29 is 9.50 Å². The minimum absolute atomic E-state index is 0.344. The molecule has 1 atom stereocenters. The zero-order valence-corrected chi connectivity index (χ0v) is 11.7. The molecule has 2 aromatic rings. The van der Waals surface area contributed by atoms with Crippen LogP contribution in [0.3, 0.4) is 0 Å². The first kappa shape index (κ1) is 14.2. The van der Waals surface area contributed by atoms with Gasteiger partial charge in [0.15, 0.2) is 0 Å². The molecule has 2 N–H and O–H groups in total. The molecule has 4 heteroatoms. The molecule has 0 spiro atoms. The van der Waals surface area contributed by atoms with E-state index in [1.165, 1.54) is 16.5 Å². The lowest BCUT2D eigenvalue weighted by atomic mass is 10.1. The van der Waals surface area contributed by atoms with Gasteiger partial charge in [0.25, 0.3) is 0 Å². The van der Waals surface area contributed by atoms with Crippen molar-refractivity contribution in [3.8, 4) is 0 Å². The molecule has 0 fully saturated rings. The van der Waals surface area contributed by atoms with Crippen molar-refractivity contribution in [1.82, 2.24) is 5.32 Å². The molecule has 2 nitrogen and oxygen atoms in total. The van der Waals surface area contributed by atoms with Crippen LogP contribution in [-0.4, -0.2) is 11.7 Å². The van der Waals surface area contributed by atoms with Gasteiger partial charge in [-0.2, -0.15) is 0 Å². The van der Waals surface area contributed by atoms with Gasteiger partial charge < -0.3 is 10.4 Å². The first-order valence-corrected chi connectivity index (χ1v) is 7.28. The molecule has 19 heavy (non-hydrogen) atoms. The molecular formula is C15H18FNOS. The Kier molecular flexibility index (Phi) is 5.07. The van der Waals surface area contributed by atoms with Crippen LogP contribution < -0.4 is 5.32 Å². The predicted octanol–water partition coefficient (Wildman–Crippen LogP) is 3.27. The normalized spacial score (nSPS) is 12.6. The number of hydrogen-bond donors (Lipinski definition) is 2. The smallest absolute Gasteiger partial charge is 0.129 e. The molecule has 1 aromatic heterocycles. The van der Waals surface area contributed by atoms with Crippen molar-refractivity contribution in [3.05, 3.63) is 57.5 Å². The summed E-state index contributed by atoms with van der Waals surface area (Å²) in [4.78, 5) is 1.28. The zero-order chi connectivity index (χ0) is 13.7. The van der Waals surface area contributed by atoms with E-state index < -0.39 is 6.10 Å². The van der Waals surface area contributed by atoms with Crippen molar-refractivity contribution in [2.75, 3.05) is 6.54 Å². The van der Waals surface area contributed by atoms with Gasteiger partial charge in [-0.05, 0) is 29.5 Å². The summed E-state index contributed by atoms with van der Waals surface area (Å²) in [5.74, 6) is -0.359. The lowest BCUT2D eigenvalue weighted by Gasteiger charge is -2.13. The van der Waals surface area contributed by atoms with Gasteiger partial charge >= 0.3 is 0 Å². The molecule has 1 heterocycles. The molecule has 0 radical (unpaired) electrons. The van der Waals surface area contributed by atoms with Crippen molar-refractivity contribution in [2.24, 2.45) is 0 Å². The highest BCUT2D eigenvalue weighted by Crippen LogP contribution is 2.18. The van der Waals surface area contributed by atoms with Crippen LogP contribution in [0, 0.1) is 5.82 Å². The number of halogens is 1. The number of aliphatic hydroxyl groups is 1. The zero-order valence-electron chi connectivity index (χ0n) is 10.9. The Morgan fingerprint density at radius 1 is 1.32 bits per heavy atom. The Hall–Kier alpha value is -1.23. The third-order valence-corrected chi connectivity index (χ3v) is 4.07. The van der Waals surface area contributed by atoms with Crippen LogP contribution in [0.25, 0.3) is 0 Å². The van der Waals surface area contributed by atoms with E-state index in [0.717, 1.165) is 6.42 Å². The molecule has 0 bridgehead atoms. The fourth-order valence-corrected chi connectivity index (χ4v) is 2.96. The number of aryl methyl sites for hydroxylation is 1. The summed E-state index contributed by atoms with van der Waals surface area (Å²) in [6.45, 7) is 3.19. The average Bonchev–Trinajstić information content (AvgIpc) is 2.86. The van der Waals surface area contributed by atoms with E-state index in [0.29, 0.717) is 18.7 Å². The SMILES string of the molecule is CCc1ccsc1CNCC(O)c1ccccc1F. The topological polar surface area (TPSA) is 32.3 Å². The maximum absolute atomic E-state index is 13.5. The highest BCUT2D eigenvalue weighted by atomic mass is 32.1. The van der Waals surface area contributed by atoms with Crippen LogP contribution in [-0.2, 0) is 13.0 Å². The van der Waals surface area contributed by atoms with Crippen molar-refractivity contribution in [1.29, 1.82) is 0 Å². The Bertz CT molecular complexity index is 526. The van der Waals surface area contributed by atoms with Gasteiger partial charge in [-0.25, -0.2) is 4.39 Å². The fourth-order valence-electron chi connectivity index (χ4n) is 2.01. The standard InChI is InChI=1S/C15H18FNOS/c1-2-11-7-8-19-15(11)10-17-9-14(18)12-5-3-4-6-13(12)16/h3-8,14,17-18H,2,9-10H2,1H3. The summed E-state index contributed by atoms with van der Waals surface area (Å²) in [5.41, 5.74) is 1.68. The highest BCUT2D eigenvalue weighted by molar-refractivity contribution is 7.10. The molecule has 0 amide bonds. The van der Waals surface area contributed by atoms with Gasteiger partial charge in [0.1, 0.15) is 5.82 Å². The van der Waals surface area contributed by atoms with E-state index in [-0.39, 0.29) is 5.82 Å². The van der Waals surface area contributed by atoms with Crippen LogP contribution in [0.1, 0.15) is 29.0 Å². The molecule has 1 unspecified atom stereocenters. The van der Waals surface area contributed by atoms with Gasteiger partial charge in [0, 0.05) is 23.5 Å². The number of aliphatic hydroxyl groups excluding tert-OH is 1. The van der Waals surface area contributed by atoms with Gasteiger partial charge in [0.05, 0.1) is 6.10 Å². The van der Waals surface area contributed by atoms with Crippen LogP contribution >= 0.6 is 11.3 Å². The van der Waals surface area contributed by atoms with E-state index >= 15 is 0 Å². The van der Waals surface area contributed by atoms with Crippen LogP contribution in [0.5, 0.6) is 0 Å². The van der Waals surface area contributed by atoms with Gasteiger partial charge in [-0.3, -0.25) is 0 Å². The second-order valence-electron chi connectivity index (χ2n) is 4.39. The van der Waals surface area contributed by atoms with Gasteiger partial charge in [-0.1, -0.05) is 25.1 Å². The van der Waals surface area contributed by atoms with E-state index in [1.54, 1.807) is 29.5 Å². The van der Waals surface area contributed by atoms with Crippen LogP contribution in [0.15, 0.2) is 35.7 Å². The lowest BCUT2D eigenvalue weighted by molar-refractivity contribution is 0.170. The Labute approximate surface area is 116 Å². The molecule has 0 aliphatic carbocycles. The summed E-state index contributed by atoms with van der Waals surface area (Å²) < 4.78 is 13.5. The number of benzene rings is 1. The Morgan fingerprint density at radius 2 is 2.11 bits per heavy atom. The Balaban J connectivity index is 1.88. The third kappa shape index (κ3) is 3.62. The maximum Gasteiger partial charge on any atom is 0.129 e. The average molecular weight is 279 g/mol. The second kappa shape index (κ2) is 6.80. The van der Waals surface area contributed by atoms with Gasteiger partial charge in [0.2, 0.25) is 0 Å². The quantitative estimate of drug-likeness (QED) is 0.850. The minimum Gasteiger partial charge on any atom is -0.387 e. The van der Waals surface area contributed by atoms with E-state index in [1.807, 2.05) is 0 Å². The molecule has 2 rings (SSSR count). The maximum atomic E-state index is 13.5. The predicted molar refractivity (Wildman–Crippen MR) is 76.8 cm³/mol. The summed E-state index contributed by atoms with van der Waals surface area (Å²) >= 11 is 1.71. The summed E-state index contributed by atoms with van der Waals surface area (Å²) in [6.07, 6.45) is 0.197. The largest absolute Gasteiger partial charge is 0.387 e. The summed E-state index contributed by atoms with van der Waals surface area (Å²) in [7, 11) is 0. The molecular weight excluding hydrogens is 261 g/mol. The van der Waals surface area contributed by atoms with E-state index in [9.17, 15) is 9.50 Å². The second-order valence-corrected chi connectivity index (χ2v) is 5.39. The lowest BCUT2D eigenvalue weighted by Crippen LogP contribution is -2.21. The molecule has 0 saturated carbocycles. The van der Waals surface area contributed by atoms with Gasteiger partial charge in [-0.15, -0.1) is 11.3 Å². The highest BCUT2D eigenvalue weighted by Gasteiger charge is 2.11. The van der Waals surface area contributed by atoms with Crippen molar-refractivity contribution in [2.45, 2.75) is 26.0 Å². The third-order valence-electron chi connectivity index (χ3n) is 3.11. The van der Waals surface area contributed by atoms with Crippen molar-refractivity contribution in [3.63, 3.8) is 0 Å². The molecule has 0 aliphatic heterocycles. The molecule has 0 saturated heterocycles. The number of hydrogen-bond acceptors (Lipinski definition) is 3. The molecule has 1 aromatic carbocycles. The summed E-state index contributed by atoms with van der Waals surface area (Å²) in [5, 5.41) is 15.2. The molecule has 102 valence electrons. The monoisotopic (exact) mass is 279 g/mol. The summed E-state index contributed by atoms with van der Waals surface area (Å²) in [6, 6.07) is 8.46. The van der Waals surface area contributed by atoms with Crippen LogP contribution in [0.4, 0.5) is 4.39 Å². The fraction of sp³-hybridized carbons (Fsp3) is 0.333. The molecule has 0 aliphatic rings. The number of nitrogens with one attached hydrogen (secondary N) is 1. The van der Waals surface area contributed by atoms with E-state index in [4.69, 9.17) is 0 Å². The first-order valence-electron chi connectivity index (χ1n) is 6.40.